The van der Waals surface area contributed by atoms with Crippen LogP contribution in [0.15, 0.2) is 24.4 Å². The molecule has 3 rings (SSSR count). The molecule has 0 unspecified atom stereocenters. The van der Waals surface area contributed by atoms with Gasteiger partial charge >= 0.3 is 0 Å². The number of aromatic nitrogens is 4. The topological polar surface area (TPSA) is 55.6 Å². The van der Waals surface area contributed by atoms with Gasteiger partial charge in [0.25, 0.3) is 0 Å². The SMILES string of the molecule is CCc1nc2n(n1)C[C@H](NCc1ccccn1)CC2. The smallest absolute Gasteiger partial charge is 0.150 e. The highest BCUT2D eigenvalue weighted by Crippen LogP contribution is 2.13. The molecule has 0 aliphatic carbocycles. The van der Waals surface area contributed by atoms with Gasteiger partial charge in [0.2, 0.25) is 0 Å². The molecule has 1 aliphatic heterocycles. The van der Waals surface area contributed by atoms with Gasteiger partial charge in [-0.25, -0.2) is 9.67 Å². The molecule has 0 aromatic carbocycles. The van der Waals surface area contributed by atoms with Crippen LogP contribution in [0.1, 0.15) is 30.7 Å². The van der Waals surface area contributed by atoms with E-state index in [4.69, 9.17) is 0 Å². The highest BCUT2D eigenvalue weighted by Gasteiger charge is 2.20. The van der Waals surface area contributed by atoms with Crippen molar-refractivity contribution in [1.82, 2.24) is 25.1 Å². The lowest BCUT2D eigenvalue weighted by molar-refractivity contribution is 0.356. The van der Waals surface area contributed by atoms with Gasteiger partial charge < -0.3 is 5.32 Å². The highest BCUT2D eigenvalue weighted by molar-refractivity contribution is 5.04. The second-order valence-electron chi connectivity index (χ2n) is 4.92. The summed E-state index contributed by atoms with van der Waals surface area (Å²) in [5, 5.41) is 8.08. The van der Waals surface area contributed by atoms with Crippen molar-refractivity contribution in [2.45, 2.75) is 45.3 Å². The van der Waals surface area contributed by atoms with Gasteiger partial charge in [0.1, 0.15) is 5.82 Å². The Labute approximate surface area is 113 Å². The van der Waals surface area contributed by atoms with Gasteiger partial charge in [-0.15, -0.1) is 0 Å². The Hall–Kier alpha value is -1.75. The molecule has 0 radical (unpaired) electrons. The molecule has 5 heteroatoms. The second-order valence-corrected chi connectivity index (χ2v) is 4.92. The zero-order chi connectivity index (χ0) is 13.1. The number of nitrogens with one attached hydrogen (secondary N) is 1. The van der Waals surface area contributed by atoms with E-state index in [0.717, 1.165) is 49.7 Å². The molecular formula is C14H19N5. The minimum atomic E-state index is 0.459. The van der Waals surface area contributed by atoms with E-state index in [1.165, 1.54) is 0 Å². The Bertz CT molecular complexity index is 534. The van der Waals surface area contributed by atoms with E-state index in [-0.39, 0.29) is 0 Å². The monoisotopic (exact) mass is 257 g/mol. The Morgan fingerprint density at radius 2 is 2.37 bits per heavy atom. The number of fused-ring (bicyclic) bond motifs is 1. The Balaban J connectivity index is 1.59. The van der Waals surface area contributed by atoms with Crippen LogP contribution >= 0.6 is 0 Å². The fraction of sp³-hybridized carbons (Fsp3) is 0.500. The number of hydrogen-bond acceptors (Lipinski definition) is 4. The highest BCUT2D eigenvalue weighted by atomic mass is 15.4. The Kier molecular flexibility index (Phi) is 3.55. The third-order valence-corrected chi connectivity index (χ3v) is 3.52. The molecule has 100 valence electrons. The molecule has 0 amide bonds. The van der Waals surface area contributed by atoms with E-state index in [1.54, 1.807) is 0 Å². The predicted octanol–water partition coefficient (Wildman–Crippen LogP) is 1.34. The van der Waals surface area contributed by atoms with Crippen molar-refractivity contribution in [1.29, 1.82) is 0 Å². The summed E-state index contributed by atoms with van der Waals surface area (Å²) >= 11 is 0. The first-order valence-corrected chi connectivity index (χ1v) is 6.91. The summed E-state index contributed by atoms with van der Waals surface area (Å²) < 4.78 is 2.05. The zero-order valence-corrected chi connectivity index (χ0v) is 11.2. The molecule has 5 nitrogen and oxygen atoms in total. The summed E-state index contributed by atoms with van der Waals surface area (Å²) in [5.74, 6) is 2.09. The standard InChI is InChI=1S/C14H19N5/c1-2-13-17-14-7-6-12(10-19(14)18-13)16-9-11-5-3-4-8-15-11/h3-5,8,12,16H,2,6-7,9-10H2,1H3/t12-/m1/s1. The van der Waals surface area contributed by atoms with Crippen molar-refractivity contribution in [3.8, 4) is 0 Å². The molecule has 2 aromatic rings. The van der Waals surface area contributed by atoms with Gasteiger partial charge in [-0.1, -0.05) is 13.0 Å². The molecule has 0 bridgehead atoms. The lowest BCUT2D eigenvalue weighted by Gasteiger charge is -2.23. The lowest BCUT2D eigenvalue weighted by atomic mass is 10.1. The van der Waals surface area contributed by atoms with Gasteiger partial charge in [0.05, 0.1) is 12.2 Å². The Morgan fingerprint density at radius 1 is 1.42 bits per heavy atom. The number of hydrogen-bond donors (Lipinski definition) is 1. The van der Waals surface area contributed by atoms with Crippen molar-refractivity contribution in [3.63, 3.8) is 0 Å². The average Bonchev–Trinajstić information content (AvgIpc) is 2.88. The van der Waals surface area contributed by atoms with Crippen LogP contribution in [-0.4, -0.2) is 25.8 Å². The fourth-order valence-corrected chi connectivity index (χ4v) is 2.43. The number of aryl methyl sites for hydroxylation is 2. The van der Waals surface area contributed by atoms with Gasteiger partial charge in [0, 0.05) is 31.6 Å². The molecule has 0 saturated heterocycles. The summed E-state index contributed by atoms with van der Waals surface area (Å²) in [6.07, 6.45) is 4.87. The van der Waals surface area contributed by atoms with Gasteiger partial charge in [-0.2, -0.15) is 5.10 Å². The van der Waals surface area contributed by atoms with Crippen LogP contribution in [0.4, 0.5) is 0 Å². The average molecular weight is 257 g/mol. The molecule has 1 N–H and O–H groups in total. The predicted molar refractivity (Wildman–Crippen MR) is 72.6 cm³/mol. The first-order valence-electron chi connectivity index (χ1n) is 6.91. The zero-order valence-electron chi connectivity index (χ0n) is 11.2. The molecule has 0 fully saturated rings. The van der Waals surface area contributed by atoms with Gasteiger partial charge in [-0.05, 0) is 18.6 Å². The maximum Gasteiger partial charge on any atom is 0.150 e. The lowest BCUT2D eigenvalue weighted by Crippen LogP contribution is -2.37. The second kappa shape index (κ2) is 5.48. The molecule has 0 spiro atoms. The molecular weight excluding hydrogens is 238 g/mol. The third-order valence-electron chi connectivity index (χ3n) is 3.52. The normalized spacial score (nSPS) is 18.3. The molecule has 2 aromatic heterocycles. The van der Waals surface area contributed by atoms with Crippen molar-refractivity contribution in [3.05, 3.63) is 41.7 Å². The van der Waals surface area contributed by atoms with E-state index < -0.39 is 0 Å². The van der Waals surface area contributed by atoms with E-state index in [0.29, 0.717) is 6.04 Å². The van der Waals surface area contributed by atoms with Crippen LogP contribution in [0.5, 0.6) is 0 Å². The first kappa shape index (κ1) is 12.3. The van der Waals surface area contributed by atoms with E-state index in [2.05, 4.69) is 32.0 Å². The number of pyridine rings is 1. The molecule has 0 saturated carbocycles. The van der Waals surface area contributed by atoms with E-state index >= 15 is 0 Å². The van der Waals surface area contributed by atoms with Crippen LogP contribution in [-0.2, 0) is 25.9 Å². The fourth-order valence-electron chi connectivity index (χ4n) is 2.43. The summed E-state index contributed by atoms with van der Waals surface area (Å²) in [6.45, 7) is 3.82. The first-order chi connectivity index (χ1) is 9.35. The van der Waals surface area contributed by atoms with Gasteiger partial charge in [0.15, 0.2) is 5.82 Å². The summed E-state index contributed by atoms with van der Waals surface area (Å²) in [5.41, 5.74) is 1.08. The minimum Gasteiger partial charge on any atom is -0.307 e. The van der Waals surface area contributed by atoms with E-state index in [9.17, 15) is 0 Å². The van der Waals surface area contributed by atoms with Crippen molar-refractivity contribution in [2.24, 2.45) is 0 Å². The number of rotatable bonds is 4. The van der Waals surface area contributed by atoms with Crippen molar-refractivity contribution >= 4 is 0 Å². The maximum atomic E-state index is 4.53. The Morgan fingerprint density at radius 3 is 3.16 bits per heavy atom. The molecule has 1 aliphatic rings. The third kappa shape index (κ3) is 2.81. The minimum absolute atomic E-state index is 0.459. The maximum absolute atomic E-state index is 4.53. The summed E-state index contributed by atoms with van der Waals surface area (Å²) in [6, 6.07) is 6.47. The van der Waals surface area contributed by atoms with Crippen LogP contribution < -0.4 is 5.32 Å². The van der Waals surface area contributed by atoms with Gasteiger partial charge in [-0.3, -0.25) is 4.98 Å². The van der Waals surface area contributed by atoms with Crippen LogP contribution in [0.3, 0.4) is 0 Å². The number of nitrogens with zero attached hydrogens (tertiary/aromatic N) is 4. The van der Waals surface area contributed by atoms with Crippen LogP contribution in [0.25, 0.3) is 0 Å². The van der Waals surface area contributed by atoms with Crippen LogP contribution in [0.2, 0.25) is 0 Å². The van der Waals surface area contributed by atoms with Crippen LogP contribution in [0, 0.1) is 0 Å². The summed E-state index contributed by atoms with van der Waals surface area (Å²) in [4.78, 5) is 8.86. The molecule has 3 heterocycles. The van der Waals surface area contributed by atoms with Crippen molar-refractivity contribution < 1.29 is 0 Å². The largest absolute Gasteiger partial charge is 0.307 e. The molecule has 1 atom stereocenters. The molecule has 19 heavy (non-hydrogen) atoms. The van der Waals surface area contributed by atoms with Crippen molar-refractivity contribution in [2.75, 3.05) is 0 Å². The summed E-state index contributed by atoms with van der Waals surface area (Å²) in [7, 11) is 0. The quantitative estimate of drug-likeness (QED) is 0.898. The van der Waals surface area contributed by atoms with E-state index in [1.807, 2.05) is 24.4 Å².